The highest BCUT2D eigenvalue weighted by molar-refractivity contribution is 7.66. The molecule has 1 unspecified atom stereocenters. The van der Waals surface area contributed by atoms with Gasteiger partial charge in [-0.05, 0) is 44.6 Å². The van der Waals surface area contributed by atoms with Crippen LogP contribution in [0, 0.1) is 5.92 Å². The van der Waals surface area contributed by atoms with Crippen molar-refractivity contribution < 1.29 is 4.74 Å². The summed E-state index contributed by atoms with van der Waals surface area (Å²) in [6.45, 7) is 3.74. The molecule has 1 saturated carbocycles. The normalized spacial score (nSPS) is 23.8. The van der Waals surface area contributed by atoms with Gasteiger partial charge in [-0.3, -0.25) is 0 Å². The summed E-state index contributed by atoms with van der Waals surface area (Å²) < 4.78 is 6.19. The first-order chi connectivity index (χ1) is 10.4. The average Bonchev–Trinajstić information content (AvgIpc) is 2.90. The molecule has 2 aliphatic rings. The van der Waals surface area contributed by atoms with E-state index in [1.54, 1.807) is 0 Å². The fourth-order valence-electron chi connectivity index (χ4n) is 4.23. The Bertz CT molecular complexity index is 339. The van der Waals surface area contributed by atoms with E-state index < -0.39 is 0 Å². The van der Waals surface area contributed by atoms with Gasteiger partial charge >= 0.3 is 0 Å². The summed E-state index contributed by atoms with van der Waals surface area (Å²) in [5, 5.41) is 0. The van der Waals surface area contributed by atoms with Gasteiger partial charge in [-0.15, -0.1) is 0 Å². The Morgan fingerprint density at radius 3 is 2.36 bits per heavy atom. The fraction of sp³-hybridized carbons (Fsp3) is 1.00. The third kappa shape index (κ3) is 5.23. The van der Waals surface area contributed by atoms with Crippen LogP contribution in [0.3, 0.4) is 0 Å². The Balaban J connectivity index is 1.81. The molecule has 1 heterocycles. The Morgan fingerprint density at radius 2 is 1.77 bits per heavy atom. The molecule has 1 aliphatic heterocycles. The molecular weight excluding hydrogens is 261 g/mol. The van der Waals surface area contributed by atoms with Crippen molar-refractivity contribution in [3.63, 3.8) is 0 Å². The van der Waals surface area contributed by atoms with E-state index in [0.717, 1.165) is 25.4 Å². The van der Waals surface area contributed by atoms with Crippen molar-refractivity contribution in [1.82, 2.24) is 4.81 Å². The van der Waals surface area contributed by atoms with Crippen molar-refractivity contribution >= 4 is 58.2 Å². The molecule has 0 N–H and O–H groups in total. The molecule has 1 saturated heterocycles. The number of ether oxygens (including phenoxy) is 1. The maximum Gasteiger partial charge on any atom is 0.139 e. The van der Waals surface area contributed by atoms with Crippen molar-refractivity contribution in [3.8, 4) is 0 Å². The zero-order chi connectivity index (χ0) is 16.2. The molecule has 2 nitrogen and oxygen atoms in total. The van der Waals surface area contributed by atoms with Crippen LogP contribution in [0.1, 0.15) is 44.9 Å². The van der Waals surface area contributed by atoms with E-state index in [4.69, 9.17) is 4.74 Å². The summed E-state index contributed by atoms with van der Waals surface area (Å²) >= 11 is 0. The highest BCUT2D eigenvalue weighted by Gasteiger charge is 2.39. The molecule has 1 spiro atoms. The third-order valence-corrected chi connectivity index (χ3v) is 6.33. The predicted octanol–water partition coefficient (Wildman–Crippen LogP) is -3.33. The number of rotatable bonds is 7. The van der Waals surface area contributed by atoms with Gasteiger partial charge < -0.3 is 9.55 Å². The Hall–Kier alpha value is 0.439. The summed E-state index contributed by atoms with van der Waals surface area (Å²) in [6, 6.07) is 0. The first-order valence-electron chi connectivity index (χ1n) is 9.80. The zero-order valence-electron chi connectivity index (χ0n) is 15.7. The molecule has 2 fully saturated rings. The van der Waals surface area contributed by atoms with E-state index in [0.29, 0.717) is 6.63 Å². The lowest BCUT2D eigenvalue weighted by atomic mass is 8.87. The number of hydrogen-bond acceptors (Lipinski definition) is 2. The van der Waals surface area contributed by atoms with Crippen LogP contribution in [-0.4, -0.2) is 88.2 Å². The number of hydrogen-bond donors (Lipinski definition) is 0. The van der Waals surface area contributed by atoms with Gasteiger partial charge in [0.25, 0.3) is 0 Å². The van der Waals surface area contributed by atoms with Crippen LogP contribution in [0.4, 0.5) is 0 Å². The van der Waals surface area contributed by atoms with Crippen molar-refractivity contribution in [1.29, 1.82) is 0 Å². The van der Waals surface area contributed by atoms with Crippen molar-refractivity contribution in [2.24, 2.45) is 5.92 Å². The molecule has 0 aromatic heterocycles. The van der Waals surface area contributed by atoms with Crippen LogP contribution >= 0.6 is 0 Å². The maximum atomic E-state index is 6.19. The Labute approximate surface area is 144 Å². The standard InChI is InChI=1S/C12H31B8NO/c13-18(19(14)15)10-21(20(16)17)7-3-11-4-8-22-12(9-11)5-1-2-6-12/h11H,1-10,13-17H2. The molecule has 1 aliphatic carbocycles. The molecule has 0 aromatic rings. The predicted molar refractivity (Wildman–Crippen MR) is 116 cm³/mol. The molecule has 114 valence electrons. The summed E-state index contributed by atoms with van der Waals surface area (Å²) in [5.74, 6) is 0.891. The van der Waals surface area contributed by atoms with Crippen LogP contribution in [0.2, 0.25) is 0 Å². The van der Waals surface area contributed by atoms with Gasteiger partial charge in [-0.1, -0.05) is 19.3 Å². The molecule has 0 radical (unpaired) electrons. The minimum Gasteiger partial charge on any atom is -0.375 e. The summed E-state index contributed by atoms with van der Waals surface area (Å²) in [4.78, 5) is 2.71. The molecular formula is C12H31B8NO. The molecule has 0 amide bonds. The molecule has 0 aromatic carbocycles. The monoisotopic (exact) mass is 293 g/mol. The smallest absolute Gasteiger partial charge is 0.139 e. The van der Waals surface area contributed by atoms with Gasteiger partial charge in [-0.25, -0.2) is 0 Å². The van der Waals surface area contributed by atoms with Crippen molar-refractivity contribution in [2.75, 3.05) is 19.6 Å². The summed E-state index contributed by atoms with van der Waals surface area (Å²) in [7, 11) is 11.8. The second-order valence-electron chi connectivity index (χ2n) is 8.70. The van der Waals surface area contributed by atoms with Gasteiger partial charge in [0.2, 0.25) is 0 Å². The van der Waals surface area contributed by atoms with E-state index in [1.165, 1.54) is 57.9 Å². The van der Waals surface area contributed by atoms with E-state index in [-0.39, 0.29) is 5.60 Å². The first kappa shape index (κ1) is 18.8. The van der Waals surface area contributed by atoms with Crippen molar-refractivity contribution in [2.45, 2.75) is 50.5 Å². The Morgan fingerprint density at radius 1 is 1.09 bits per heavy atom. The van der Waals surface area contributed by atoms with Crippen LogP contribution in [0.25, 0.3) is 0 Å². The third-order valence-electron chi connectivity index (χ3n) is 6.33. The fourth-order valence-corrected chi connectivity index (χ4v) is 4.23. The molecule has 2 rings (SSSR count). The van der Waals surface area contributed by atoms with E-state index in [1.807, 2.05) is 0 Å². The van der Waals surface area contributed by atoms with E-state index in [9.17, 15) is 0 Å². The second kappa shape index (κ2) is 8.51. The molecule has 1 atom stereocenters. The quantitative estimate of drug-likeness (QED) is 0.455. The Kier molecular flexibility index (Phi) is 7.26. The lowest BCUT2D eigenvalue weighted by molar-refractivity contribution is -0.0939. The van der Waals surface area contributed by atoms with Crippen LogP contribution < -0.4 is 0 Å². The first-order valence-corrected chi connectivity index (χ1v) is 9.80. The highest BCUT2D eigenvalue weighted by atomic mass is 16.5. The molecule has 10 heteroatoms. The SMILES string of the molecule is BB(B)B(B)CN(CCC1CCOC2(CCCC2)C1)B(B)B. The minimum absolute atomic E-state index is 0.288. The van der Waals surface area contributed by atoms with E-state index >= 15 is 0 Å². The van der Waals surface area contributed by atoms with Crippen molar-refractivity contribution in [3.05, 3.63) is 0 Å². The molecule has 22 heavy (non-hydrogen) atoms. The zero-order valence-corrected chi connectivity index (χ0v) is 15.7. The van der Waals surface area contributed by atoms with Crippen LogP contribution in [0.15, 0.2) is 0 Å². The largest absolute Gasteiger partial charge is 0.375 e. The maximum absolute atomic E-state index is 6.19. The average molecular weight is 292 g/mol. The second-order valence-corrected chi connectivity index (χ2v) is 8.70. The number of nitrogens with zero attached hydrogens (tertiary/aromatic N) is 1. The van der Waals surface area contributed by atoms with Gasteiger partial charge in [0.05, 0.1) is 50.8 Å². The van der Waals surface area contributed by atoms with Crippen LogP contribution in [0.5, 0.6) is 0 Å². The summed E-state index contributed by atoms with van der Waals surface area (Å²) in [6.07, 6.45) is 11.4. The molecule has 0 bridgehead atoms. The lowest BCUT2D eigenvalue weighted by Gasteiger charge is -2.39. The van der Waals surface area contributed by atoms with E-state index in [2.05, 4.69) is 43.5 Å². The van der Waals surface area contributed by atoms with Gasteiger partial charge in [0.1, 0.15) is 6.63 Å². The topological polar surface area (TPSA) is 12.5 Å². The van der Waals surface area contributed by atoms with Gasteiger partial charge in [-0.2, -0.15) is 0 Å². The minimum atomic E-state index is 0.288. The van der Waals surface area contributed by atoms with Gasteiger partial charge in [0.15, 0.2) is 0 Å². The lowest BCUT2D eigenvalue weighted by Crippen LogP contribution is -2.53. The highest BCUT2D eigenvalue weighted by Crippen LogP contribution is 2.42. The summed E-state index contributed by atoms with van der Waals surface area (Å²) in [5.41, 5.74) is 0.288. The van der Waals surface area contributed by atoms with Crippen LogP contribution in [-0.2, 0) is 4.74 Å². The van der Waals surface area contributed by atoms with Gasteiger partial charge in [0, 0.05) is 13.0 Å².